The fraction of sp³-hybridized carbons (Fsp3) is 0.593. The van der Waals surface area contributed by atoms with Crippen molar-refractivity contribution >= 4 is 23.4 Å². The van der Waals surface area contributed by atoms with Gasteiger partial charge in [-0.05, 0) is 61.1 Å². The third kappa shape index (κ3) is 7.34. The van der Waals surface area contributed by atoms with Gasteiger partial charge in [-0.15, -0.1) is 0 Å². The van der Waals surface area contributed by atoms with Crippen LogP contribution < -0.4 is 0 Å². The lowest BCUT2D eigenvalue weighted by Crippen LogP contribution is -2.27. The summed E-state index contributed by atoms with van der Waals surface area (Å²) in [6.07, 6.45) is -3.56. The van der Waals surface area contributed by atoms with Crippen LogP contribution in [-0.4, -0.2) is 22.0 Å². The van der Waals surface area contributed by atoms with Gasteiger partial charge in [0.15, 0.2) is 5.76 Å². The number of aryl methyl sites for hydroxylation is 1. The van der Waals surface area contributed by atoms with Gasteiger partial charge >= 0.3 is 12.1 Å². The van der Waals surface area contributed by atoms with Gasteiger partial charge in [-0.2, -0.15) is 13.2 Å². The van der Waals surface area contributed by atoms with Gasteiger partial charge in [0, 0.05) is 36.1 Å². The molecule has 1 atom stereocenters. The fourth-order valence-electron chi connectivity index (χ4n) is 5.13. The third-order valence-electron chi connectivity index (χ3n) is 6.70. The first-order valence-electron chi connectivity index (χ1n) is 12.2. The van der Waals surface area contributed by atoms with E-state index in [1.54, 1.807) is 18.2 Å². The first-order chi connectivity index (χ1) is 16.6. The van der Waals surface area contributed by atoms with Gasteiger partial charge in [0.1, 0.15) is 11.3 Å². The van der Waals surface area contributed by atoms with E-state index in [4.69, 9.17) is 21.2 Å². The molecule has 0 aliphatic heterocycles. The Kier molecular flexibility index (Phi) is 8.59. The van der Waals surface area contributed by atoms with Gasteiger partial charge in [0.25, 0.3) is 0 Å². The van der Waals surface area contributed by atoms with Crippen molar-refractivity contribution in [3.8, 4) is 0 Å². The number of rotatable bonds is 10. The van der Waals surface area contributed by atoms with Crippen LogP contribution in [0.2, 0.25) is 5.02 Å². The SMILES string of the molecule is Cc1ccc(CC(=O)C[C@H](CCC(=O)O)c2noc(C3CC(CC(C)(C)C)C3)c2C(F)(F)F)c(Cl)c1. The summed E-state index contributed by atoms with van der Waals surface area (Å²) in [5, 5.41) is 13.4. The number of carbonyl (C=O) groups is 2. The molecule has 0 bridgehead atoms. The van der Waals surface area contributed by atoms with Crippen LogP contribution in [0.3, 0.4) is 0 Å². The van der Waals surface area contributed by atoms with Crippen LogP contribution in [0.5, 0.6) is 0 Å². The lowest BCUT2D eigenvalue weighted by molar-refractivity contribution is -0.140. The molecule has 3 rings (SSSR count). The van der Waals surface area contributed by atoms with Crippen LogP contribution in [0, 0.1) is 18.3 Å². The maximum Gasteiger partial charge on any atom is 0.421 e. The van der Waals surface area contributed by atoms with E-state index < -0.39 is 29.5 Å². The molecule has 0 saturated heterocycles. The Morgan fingerprint density at radius 2 is 1.89 bits per heavy atom. The van der Waals surface area contributed by atoms with Crippen molar-refractivity contribution in [3.63, 3.8) is 0 Å². The van der Waals surface area contributed by atoms with E-state index in [-0.39, 0.29) is 48.3 Å². The summed E-state index contributed by atoms with van der Waals surface area (Å²) in [4.78, 5) is 24.1. The number of aromatic nitrogens is 1. The summed E-state index contributed by atoms with van der Waals surface area (Å²) in [5.74, 6) is -2.81. The zero-order valence-electron chi connectivity index (χ0n) is 21.0. The average molecular weight is 528 g/mol. The van der Waals surface area contributed by atoms with E-state index in [0.717, 1.165) is 12.0 Å². The molecule has 0 radical (unpaired) electrons. The molecule has 1 saturated carbocycles. The highest BCUT2D eigenvalue weighted by Gasteiger charge is 2.47. The number of aliphatic carboxylic acids is 1. The summed E-state index contributed by atoms with van der Waals surface area (Å²) in [6, 6.07) is 5.22. The molecule has 1 N–H and O–H groups in total. The monoisotopic (exact) mass is 527 g/mol. The molecule has 1 aromatic heterocycles. The number of halogens is 4. The molecule has 1 aromatic carbocycles. The summed E-state index contributed by atoms with van der Waals surface area (Å²) in [5.41, 5.74) is 0.249. The largest absolute Gasteiger partial charge is 0.481 e. The van der Waals surface area contributed by atoms with E-state index in [2.05, 4.69) is 25.9 Å². The van der Waals surface area contributed by atoms with Crippen LogP contribution in [0.4, 0.5) is 13.2 Å². The topological polar surface area (TPSA) is 80.4 Å². The number of carboxylic acids is 1. The molecule has 36 heavy (non-hydrogen) atoms. The Labute approximate surface area is 214 Å². The van der Waals surface area contributed by atoms with Crippen LogP contribution >= 0.6 is 11.6 Å². The predicted octanol–water partition coefficient (Wildman–Crippen LogP) is 7.74. The van der Waals surface area contributed by atoms with Crippen LogP contribution in [0.15, 0.2) is 22.7 Å². The van der Waals surface area contributed by atoms with Gasteiger partial charge in [-0.1, -0.05) is 49.7 Å². The number of carbonyl (C=O) groups excluding carboxylic acids is 1. The number of hydrogen-bond donors (Lipinski definition) is 1. The Bertz CT molecular complexity index is 1100. The molecule has 1 heterocycles. The Balaban J connectivity index is 1.85. The Morgan fingerprint density at radius 3 is 2.44 bits per heavy atom. The van der Waals surface area contributed by atoms with Crippen molar-refractivity contribution in [2.45, 2.75) is 90.7 Å². The van der Waals surface area contributed by atoms with E-state index in [0.29, 0.717) is 29.3 Å². The minimum absolute atomic E-state index is 0.0636. The van der Waals surface area contributed by atoms with Gasteiger partial charge < -0.3 is 9.63 Å². The number of hydrogen-bond acceptors (Lipinski definition) is 4. The second-order valence-electron chi connectivity index (χ2n) is 11.2. The first-order valence-corrected chi connectivity index (χ1v) is 12.6. The van der Waals surface area contributed by atoms with Crippen LogP contribution in [0.1, 0.15) is 99.3 Å². The number of nitrogens with zero attached hydrogens (tertiary/aromatic N) is 1. The van der Waals surface area contributed by atoms with Crippen molar-refractivity contribution < 1.29 is 32.4 Å². The smallest absolute Gasteiger partial charge is 0.421 e. The highest BCUT2D eigenvalue weighted by molar-refractivity contribution is 6.31. The van der Waals surface area contributed by atoms with E-state index in [9.17, 15) is 22.8 Å². The number of Topliss-reactive ketones (excluding diaryl/α,β-unsaturated/α-hetero) is 1. The van der Waals surface area contributed by atoms with Crippen molar-refractivity contribution in [2.24, 2.45) is 11.3 Å². The minimum atomic E-state index is -4.73. The minimum Gasteiger partial charge on any atom is -0.481 e. The maximum atomic E-state index is 14.2. The van der Waals surface area contributed by atoms with Crippen molar-refractivity contribution in [1.82, 2.24) is 5.16 Å². The fourth-order valence-corrected chi connectivity index (χ4v) is 5.43. The van der Waals surface area contributed by atoms with Crippen molar-refractivity contribution in [1.29, 1.82) is 0 Å². The van der Waals surface area contributed by atoms with Gasteiger partial charge in [0.2, 0.25) is 0 Å². The van der Waals surface area contributed by atoms with E-state index in [1.807, 2.05) is 6.92 Å². The summed E-state index contributed by atoms with van der Waals surface area (Å²) < 4.78 is 48.0. The number of alkyl halides is 3. The molecule has 1 fully saturated rings. The second kappa shape index (κ2) is 11.0. The average Bonchev–Trinajstić information content (AvgIpc) is 3.14. The molecule has 9 heteroatoms. The molecule has 0 amide bonds. The molecule has 0 unspecified atom stereocenters. The highest BCUT2D eigenvalue weighted by Crippen LogP contribution is 2.51. The second-order valence-corrected chi connectivity index (χ2v) is 11.7. The first kappa shape index (κ1) is 28.2. The standard InChI is InChI=1S/C27H33ClF3NO4/c1-15-5-6-17(21(28)9-15)12-20(33)13-18(7-8-22(34)35)24-23(27(29,30)31)25(36-32-24)19-10-16(11-19)14-26(2,3)4/h5-6,9,16,18-19H,7-8,10-14H2,1-4H3,(H,34,35)/t16?,18-,19?/m0/s1. The van der Waals surface area contributed by atoms with Gasteiger partial charge in [0.05, 0.1) is 5.69 Å². The van der Waals surface area contributed by atoms with Crippen molar-refractivity contribution in [2.75, 3.05) is 0 Å². The van der Waals surface area contributed by atoms with Gasteiger partial charge in [-0.25, -0.2) is 0 Å². The summed E-state index contributed by atoms with van der Waals surface area (Å²) in [7, 11) is 0. The molecule has 0 spiro atoms. The highest BCUT2D eigenvalue weighted by atomic mass is 35.5. The quantitative estimate of drug-likeness (QED) is 0.342. The van der Waals surface area contributed by atoms with E-state index in [1.165, 1.54) is 0 Å². The zero-order chi connectivity index (χ0) is 26.8. The lowest BCUT2D eigenvalue weighted by Gasteiger charge is -2.38. The van der Waals surface area contributed by atoms with Crippen molar-refractivity contribution in [3.05, 3.63) is 51.4 Å². The molecule has 198 valence electrons. The van der Waals surface area contributed by atoms with E-state index >= 15 is 0 Å². The third-order valence-corrected chi connectivity index (χ3v) is 7.05. The number of carboxylic acid groups (broad SMARTS) is 1. The van der Waals surface area contributed by atoms with Crippen LogP contribution in [-0.2, 0) is 22.2 Å². The normalized spacial score (nSPS) is 19.1. The number of ketones is 1. The summed E-state index contributed by atoms with van der Waals surface area (Å²) in [6.45, 7) is 8.15. The molecular formula is C27H33ClF3NO4. The maximum absolute atomic E-state index is 14.2. The Morgan fingerprint density at radius 1 is 1.22 bits per heavy atom. The predicted molar refractivity (Wildman–Crippen MR) is 130 cm³/mol. The summed E-state index contributed by atoms with van der Waals surface area (Å²) >= 11 is 6.22. The van der Waals surface area contributed by atoms with Crippen LogP contribution in [0.25, 0.3) is 0 Å². The molecule has 1 aliphatic carbocycles. The lowest BCUT2D eigenvalue weighted by atomic mass is 9.67. The molecule has 1 aliphatic rings. The molecule has 2 aromatic rings. The molecular weight excluding hydrogens is 495 g/mol. The zero-order valence-corrected chi connectivity index (χ0v) is 21.8. The Hall–Kier alpha value is -2.35. The number of benzene rings is 1. The molecule has 5 nitrogen and oxygen atoms in total. The van der Waals surface area contributed by atoms with Gasteiger partial charge in [-0.3, -0.25) is 9.59 Å².